The Morgan fingerprint density at radius 1 is 1.33 bits per heavy atom. The second-order valence-electron chi connectivity index (χ2n) is 4.93. The fourth-order valence-corrected chi connectivity index (χ4v) is 3.26. The highest BCUT2D eigenvalue weighted by molar-refractivity contribution is 8.12. The molecule has 1 aliphatic rings. The van der Waals surface area contributed by atoms with E-state index in [0.717, 1.165) is 19.4 Å². The number of benzene rings is 1. The second kappa shape index (κ2) is 6.28. The minimum atomic E-state index is 0.225. The highest BCUT2D eigenvalue weighted by Gasteiger charge is 2.30. The average Bonchev–Trinajstić information content (AvgIpc) is 2.46. The predicted molar refractivity (Wildman–Crippen MR) is 78.1 cm³/mol. The van der Waals surface area contributed by atoms with Crippen LogP contribution >= 0.6 is 11.8 Å². The number of hydrogen-bond acceptors (Lipinski definition) is 2. The van der Waals surface area contributed by atoms with Crippen molar-refractivity contribution in [2.75, 3.05) is 12.8 Å². The van der Waals surface area contributed by atoms with Crippen molar-refractivity contribution in [1.29, 1.82) is 0 Å². The van der Waals surface area contributed by atoms with Gasteiger partial charge in [0.25, 0.3) is 5.24 Å². The van der Waals surface area contributed by atoms with Crippen LogP contribution in [0.3, 0.4) is 0 Å². The molecular weight excluding hydrogens is 242 g/mol. The van der Waals surface area contributed by atoms with E-state index in [-0.39, 0.29) is 5.24 Å². The molecule has 0 spiro atoms. The Balaban J connectivity index is 2.16. The first-order chi connectivity index (χ1) is 8.74. The minimum Gasteiger partial charge on any atom is -0.330 e. The van der Waals surface area contributed by atoms with Crippen molar-refractivity contribution in [2.45, 2.75) is 38.1 Å². The summed E-state index contributed by atoms with van der Waals surface area (Å²) in [5.74, 6) is 0.419. The molecule has 1 aromatic carbocycles. The highest BCUT2D eigenvalue weighted by Crippen LogP contribution is 2.31. The summed E-state index contributed by atoms with van der Waals surface area (Å²) in [6.07, 6.45) is 5.38. The maximum atomic E-state index is 12.0. The molecule has 1 fully saturated rings. The van der Waals surface area contributed by atoms with Crippen molar-refractivity contribution in [2.24, 2.45) is 0 Å². The Kier molecular flexibility index (Phi) is 4.70. The van der Waals surface area contributed by atoms with Crippen LogP contribution in [-0.2, 0) is 0 Å². The van der Waals surface area contributed by atoms with Crippen molar-refractivity contribution in [1.82, 2.24) is 4.90 Å². The molecule has 0 radical (unpaired) electrons. The molecule has 98 valence electrons. The van der Waals surface area contributed by atoms with Crippen molar-refractivity contribution >= 4 is 17.0 Å². The summed E-state index contributed by atoms with van der Waals surface area (Å²) < 4.78 is 0. The van der Waals surface area contributed by atoms with Crippen molar-refractivity contribution in [3.63, 3.8) is 0 Å². The van der Waals surface area contributed by atoms with Gasteiger partial charge in [0.05, 0.1) is 0 Å². The van der Waals surface area contributed by atoms with Crippen LogP contribution in [0.5, 0.6) is 0 Å². The second-order valence-corrected chi connectivity index (χ2v) is 5.68. The molecule has 0 bridgehead atoms. The van der Waals surface area contributed by atoms with Crippen LogP contribution in [0.1, 0.15) is 37.7 Å². The Labute approximate surface area is 114 Å². The molecule has 0 N–H and O–H groups in total. The fraction of sp³-hybridized carbons (Fsp3) is 0.533. The van der Waals surface area contributed by atoms with Crippen LogP contribution < -0.4 is 0 Å². The van der Waals surface area contributed by atoms with E-state index < -0.39 is 0 Å². The molecule has 3 heteroatoms. The number of likely N-dealkylation sites (tertiary alicyclic amines) is 1. The van der Waals surface area contributed by atoms with Gasteiger partial charge in [-0.05, 0) is 31.1 Å². The van der Waals surface area contributed by atoms with Gasteiger partial charge in [-0.3, -0.25) is 4.79 Å². The Hall–Kier alpha value is -0.960. The zero-order valence-corrected chi connectivity index (χ0v) is 12.0. The molecule has 2 atom stereocenters. The molecule has 0 aromatic heterocycles. The van der Waals surface area contributed by atoms with Gasteiger partial charge < -0.3 is 4.90 Å². The molecule has 2 rings (SSSR count). The zero-order chi connectivity index (χ0) is 13.0. The summed E-state index contributed by atoms with van der Waals surface area (Å²) in [7, 11) is 0. The van der Waals surface area contributed by atoms with E-state index >= 15 is 0 Å². The van der Waals surface area contributed by atoms with E-state index in [1.807, 2.05) is 12.3 Å². The summed E-state index contributed by atoms with van der Waals surface area (Å²) in [4.78, 5) is 14.1. The third-order valence-corrected chi connectivity index (χ3v) is 4.44. The van der Waals surface area contributed by atoms with Crippen molar-refractivity contribution in [3.05, 3.63) is 35.9 Å². The summed E-state index contributed by atoms with van der Waals surface area (Å²) >= 11 is 1.33. The molecule has 1 aromatic rings. The molecular formula is C15H21NOS. The van der Waals surface area contributed by atoms with Crippen LogP contribution in [0.2, 0.25) is 0 Å². The highest BCUT2D eigenvalue weighted by atomic mass is 32.2. The number of piperidine rings is 1. The Bertz CT molecular complexity index is 393. The maximum Gasteiger partial charge on any atom is 0.281 e. The summed E-state index contributed by atoms with van der Waals surface area (Å²) in [6.45, 7) is 3.16. The largest absolute Gasteiger partial charge is 0.330 e. The fourth-order valence-electron chi connectivity index (χ4n) is 2.80. The van der Waals surface area contributed by atoms with Gasteiger partial charge in [0.1, 0.15) is 0 Å². The number of carbonyl (C=O) groups excluding carboxylic acids is 1. The summed E-state index contributed by atoms with van der Waals surface area (Å²) in [5, 5.41) is 0.225. The van der Waals surface area contributed by atoms with E-state index in [4.69, 9.17) is 0 Å². The quantitative estimate of drug-likeness (QED) is 0.799. The first-order valence-electron chi connectivity index (χ1n) is 6.63. The number of carbonyl (C=O) groups is 1. The normalized spacial score (nSPS) is 21.7. The lowest BCUT2D eigenvalue weighted by Gasteiger charge is -2.39. The maximum absolute atomic E-state index is 12.0. The molecule has 1 heterocycles. The number of hydrogen-bond donors (Lipinski definition) is 0. The van der Waals surface area contributed by atoms with Crippen LogP contribution in [0.25, 0.3) is 0 Å². The van der Waals surface area contributed by atoms with Crippen LogP contribution in [0, 0.1) is 0 Å². The zero-order valence-electron chi connectivity index (χ0n) is 11.1. The minimum absolute atomic E-state index is 0.225. The standard InChI is InChI=1S/C15H21NOS/c1-12(13-8-4-3-5-9-13)14-10-6-7-11-16(14)15(17)18-2/h3-5,8-9,12,14H,6-7,10-11H2,1-2H3/t12?,14-/m0/s1. The molecule has 1 amide bonds. The molecule has 0 aliphatic carbocycles. The monoisotopic (exact) mass is 263 g/mol. The van der Waals surface area contributed by atoms with Gasteiger partial charge in [-0.25, -0.2) is 0 Å². The van der Waals surface area contributed by atoms with Gasteiger partial charge >= 0.3 is 0 Å². The lowest BCUT2D eigenvalue weighted by atomic mass is 9.87. The lowest BCUT2D eigenvalue weighted by Crippen LogP contribution is -2.44. The van der Waals surface area contributed by atoms with Gasteiger partial charge in [0, 0.05) is 18.5 Å². The third-order valence-electron chi connectivity index (χ3n) is 3.86. The molecule has 0 saturated carbocycles. The lowest BCUT2D eigenvalue weighted by molar-refractivity contribution is 0.160. The third kappa shape index (κ3) is 2.89. The SMILES string of the molecule is CSC(=O)N1CCCC[C@H]1C(C)c1ccccc1. The first kappa shape index (κ1) is 13.5. The molecule has 1 unspecified atom stereocenters. The number of rotatable bonds is 2. The van der Waals surface area contributed by atoms with E-state index in [2.05, 4.69) is 36.1 Å². The molecule has 1 saturated heterocycles. The Morgan fingerprint density at radius 2 is 2.06 bits per heavy atom. The molecule has 2 nitrogen and oxygen atoms in total. The van der Waals surface area contributed by atoms with Gasteiger partial charge in [0.2, 0.25) is 0 Å². The van der Waals surface area contributed by atoms with Gasteiger partial charge in [0.15, 0.2) is 0 Å². The summed E-state index contributed by atoms with van der Waals surface area (Å²) in [6, 6.07) is 10.9. The summed E-state index contributed by atoms with van der Waals surface area (Å²) in [5.41, 5.74) is 1.34. The van der Waals surface area contributed by atoms with Crippen molar-refractivity contribution < 1.29 is 4.79 Å². The van der Waals surface area contributed by atoms with E-state index in [9.17, 15) is 4.79 Å². The number of amides is 1. The molecule has 1 aliphatic heterocycles. The van der Waals surface area contributed by atoms with Gasteiger partial charge in [-0.1, -0.05) is 49.0 Å². The van der Waals surface area contributed by atoms with E-state index in [0.29, 0.717) is 12.0 Å². The van der Waals surface area contributed by atoms with Crippen molar-refractivity contribution in [3.8, 4) is 0 Å². The first-order valence-corrected chi connectivity index (χ1v) is 7.86. The van der Waals surface area contributed by atoms with E-state index in [1.54, 1.807) is 0 Å². The smallest absolute Gasteiger partial charge is 0.281 e. The topological polar surface area (TPSA) is 20.3 Å². The molecule has 18 heavy (non-hydrogen) atoms. The van der Waals surface area contributed by atoms with Gasteiger partial charge in [-0.15, -0.1) is 0 Å². The number of nitrogens with zero attached hydrogens (tertiary/aromatic N) is 1. The van der Waals surface area contributed by atoms with Crippen LogP contribution in [-0.4, -0.2) is 29.0 Å². The number of thioether (sulfide) groups is 1. The van der Waals surface area contributed by atoms with Crippen LogP contribution in [0.15, 0.2) is 30.3 Å². The average molecular weight is 263 g/mol. The van der Waals surface area contributed by atoms with Gasteiger partial charge in [-0.2, -0.15) is 0 Å². The van der Waals surface area contributed by atoms with Crippen LogP contribution in [0.4, 0.5) is 4.79 Å². The Morgan fingerprint density at radius 3 is 2.72 bits per heavy atom. The predicted octanol–water partition coefficient (Wildman–Crippen LogP) is 4.13. The van der Waals surface area contributed by atoms with E-state index in [1.165, 1.54) is 23.7 Å².